The predicted octanol–water partition coefficient (Wildman–Crippen LogP) is 4.63. The quantitative estimate of drug-likeness (QED) is 0.804. The number of carbonyl (C=O) groups is 1. The van der Waals surface area contributed by atoms with Crippen LogP contribution in [-0.4, -0.2) is 36.5 Å². The van der Waals surface area contributed by atoms with Crippen molar-refractivity contribution < 1.29 is 9.21 Å². The third-order valence-electron chi connectivity index (χ3n) is 8.38. The van der Waals surface area contributed by atoms with Gasteiger partial charge in [0, 0.05) is 31.1 Å². The van der Waals surface area contributed by atoms with Crippen LogP contribution in [0.5, 0.6) is 0 Å². The van der Waals surface area contributed by atoms with E-state index in [0.717, 1.165) is 60.2 Å². The van der Waals surface area contributed by atoms with Crippen LogP contribution in [0.1, 0.15) is 51.5 Å². The Hall–Kier alpha value is -1.81. The molecule has 3 aliphatic carbocycles. The van der Waals surface area contributed by atoms with Crippen molar-refractivity contribution in [2.24, 2.45) is 23.2 Å². The van der Waals surface area contributed by atoms with E-state index in [4.69, 9.17) is 4.42 Å². The summed E-state index contributed by atoms with van der Waals surface area (Å²) in [4.78, 5) is 15.3. The molecular weight excluding hydrogens is 360 g/mol. The van der Waals surface area contributed by atoms with Crippen LogP contribution < -0.4 is 5.32 Å². The molecule has 156 valence electrons. The van der Waals surface area contributed by atoms with Crippen LogP contribution in [0.15, 0.2) is 34.9 Å². The van der Waals surface area contributed by atoms with Crippen molar-refractivity contribution in [2.75, 3.05) is 19.6 Å². The molecule has 3 atom stereocenters. The summed E-state index contributed by atoms with van der Waals surface area (Å²) < 4.78 is 5.45. The Bertz CT molecular complexity index is 876. The number of benzene rings is 1. The van der Waals surface area contributed by atoms with E-state index in [1.54, 1.807) is 6.26 Å². The molecule has 4 fully saturated rings. The maximum Gasteiger partial charge on any atom is 0.224 e. The zero-order valence-corrected chi connectivity index (χ0v) is 17.8. The molecule has 1 N–H and O–H groups in total. The third-order valence-corrected chi connectivity index (χ3v) is 8.38. The van der Waals surface area contributed by atoms with Crippen LogP contribution in [0, 0.1) is 23.2 Å². The molecule has 4 nitrogen and oxygen atoms in total. The van der Waals surface area contributed by atoms with E-state index in [1.807, 2.05) is 24.3 Å². The zero-order valence-electron chi connectivity index (χ0n) is 17.8. The lowest BCUT2D eigenvalue weighted by atomic mass is 9.45. The van der Waals surface area contributed by atoms with Crippen LogP contribution in [-0.2, 0) is 11.2 Å². The summed E-state index contributed by atoms with van der Waals surface area (Å²) in [6.45, 7) is 8.49. The van der Waals surface area contributed by atoms with Gasteiger partial charge in [-0.25, -0.2) is 0 Å². The molecule has 1 aromatic carbocycles. The molecule has 1 saturated heterocycles. The molecule has 0 spiro atoms. The number of rotatable bonds is 5. The van der Waals surface area contributed by atoms with Crippen LogP contribution in [0.25, 0.3) is 11.0 Å². The van der Waals surface area contributed by atoms with E-state index in [0.29, 0.717) is 17.9 Å². The summed E-state index contributed by atoms with van der Waals surface area (Å²) in [5.74, 6) is 2.94. The van der Waals surface area contributed by atoms with Gasteiger partial charge in [0.1, 0.15) is 5.58 Å². The zero-order chi connectivity index (χ0) is 20.0. The second kappa shape index (κ2) is 7.46. The van der Waals surface area contributed by atoms with Crippen LogP contribution in [0.2, 0.25) is 0 Å². The first-order chi connectivity index (χ1) is 14.0. The minimum absolute atomic E-state index is 0.131. The number of hydrogen-bond acceptors (Lipinski definition) is 3. The molecule has 0 radical (unpaired) electrons. The van der Waals surface area contributed by atoms with Gasteiger partial charge in [-0.15, -0.1) is 0 Å². The summed E-state index contributed by atoms with van der Waals surface area (Å²) in [5, 5.41) is 4.33. The number of likely N-dealkylation sites (tertiary alicyclic amines) is 1. The van der Waals surface area contributed by atoms with Crippen molar-refractivity contribution in [1.82, 2.24) is 10.2 Å². The maximum absolute atomic E-state index is 12.6. The summed E-state index contributed by atoms with van der Waals surface area (Å²) in [7, 11) is 0. The summed E-state index contributed by atoms with van der Waals surface area (Å²) in [6, 6.07) is 8.20. The number of fused-ring (bicyclic) bond motifs is 3. The van der Waals surface area contributed by atoms with Crippen molar-refractivity contribution in [1.29, 1.82) is 0 Å². The van der Waals surface area contributed by atoms with Crippen molar-refractivity contribution in [2.45, 2.75) is 58.4 Å². The van der Waals surface area contributed by atoms with Gasteiger partial charge in [-0.05, 0) is 73.0 Å². The molecule has 29 heavy (non-hydrogen) atoms. The number of nitrogens with one attached hydrogen (secondary N) is 1. The number of piperidine rings is 1. The average molecular weight is 395 g/mol. The largest absolute Gasteiger partial charge is 0.464 e. The Morgan fingerprint density at radius 3 is 2.76 bits per heavy atom. The highest BCUT2D eigenvalue weighted by atomic mass is 16.3. The summed E-state index contributed by atoms with van der Waals surface area (Å²) in [6.07, 6.45) is 8.60. The first kappa shape index (κ1) is 19.2. The standard InChI is InChI=1S/C25H34N2O2/c1-25(2)19-7-6-18(22(25)15-19)16-27-11-8-20(9-12-27)26-24(28)14-17-4-3-5-23-21(17)10-13-29-23/h3-5,10,13,18-20,22H,6-9,11-12,14-16H2,1-2H3,(H,26,28). The molecular formula is C25H34N2O2. The molecule has 4 heteroatoms. The number of hydrogen-bond donors (Lipinski definition) is 1. The molecule has 1 aliphatic heterocycles. The Labute approximate surface area is 174 Å². The van der Waals surface area contributed by atoms with E-state index >= 15 is 0 Å². The normalized spacial score (nSPS) is 29.5. The fourth-order valence-electron chi connectivity index (χ4n) is 6.44. The highest BCUT2D eigenvalue weighted by molar-refractivity contribution is 5.87. The van der Waals surface area contributed by atoms with Gasteiger partial charge < -0.3 is 14.6 Å². The van der Waals surface area contributed by atoms with Crippen molar-refractivity contribution in [3.63, 3.8) is 0 Å². The van der Waals surface area contributed by atoms with Crippen LogP contribution in [0.3, 0.4) is 0 Å². The van der Waals surface area contributed by atoms with E-state index in [2.05, 4.69) is 24.1 Å². The van der Waals surface area contributed by atoms with E-state index < -0.39 is 0 Å². The van der Waals surface area contributed by atoms with Crippen molar-refractivity contribution >= 4 is 16.9 Å². The maximum atomic E-state index is 12.6. The lowest BCUT2D eigenvalue weighted by Crippen LogP contribution is -2.55. The number of furan rings is 1. The molecule has 3 saturated carbocycles. The third kappa shape index (κ3) is 3.61. The minimum atomic E-state index is 0.131. The van der Waals surface area contributed by atoms with Gasteiger partial charge in [-0.1, -0.05) is 26.0 Å². The number of amides is 1. The molecule has 2 heterocycles. The summed E-state index contributed by atoms with van der Waals surface area (Å²) in [5.41, 5.74) is 2.48. The average Bonchev–Trinajstić information content (AvgIpc) is 3.19. The molecule has 1 amide bonds. The minimum Gasteiger partial charge on any atom is -0.464 e. The topological polar surface area (TPSA) is 45.5 Å². The lowest BCUT2D eigenvalue weighted by Gasteiger charge is -2.60. The molecule has 3 unspecified atom stereocenters. The second-order valence-electron chi connectivity index (χ2n) is 10.3. The fourth-order valence-corrected chi connectivity index (χ4v) is 6.44. The molecule has 2 aromatic rings. The van der Waals surface area contributed by atoms with Crippen molar-refractivity contribution in [3.8, 4) is 0 Å². The van der Waals surface area contributed by atoms with Gasteiger partial charge in [0.05, 0.1) is 12.7 Å². The highest BCUT2D eigenvalue weighted by Crippen LogP contribution is 2.61. The van der Waals surface area contributed by atoms with Crippen molar-refractivity contribution in [3.05, 3.63) is 36.1 Å². The van der Waals surface area contributed by atoms with E-state index in [9.17, 15) is 4.79 Å². The molecule has 4 aliphatic rings. The number of nitrogens with zero attached hydrogens (tertiary/aromatic N) is 1. The smallest absolute Gasteiger partial charge is 0.224 e. The van der Waals surface area contributed by atoms with E-state index in [1.165, 1.54) is 25.8 Å². The molecule has 1 aromatic heterocycles. The first-order valence-corrected chi connectivity index (χ1v) is 11.5. The Morgan fingerprint density at radius 2 is 2.00 bits per heavy atom. The Morgan fingerprint density at radius 1 is 1.17 bits per heavy atom. The first-order valence-electron chi connectivity index (χ1n) is 11.5. The highest BCUT2D eigenvalue weighted by Gasteiger charge is 2.54. The Kier molecular flexibility index (Phi) is 4.93. The van der Waals surface area contributed by atoms with Crippen LogP contribution in [0.4, 0.5) is 0 Å². The second-order valence-corrected chi connectivity index (χ2v) is 10.3. The van der Waals surface area contributed by atoms with Crippen LogP contribution >= 0.6 is 0 Å². The van der Waals surface area contributed by atoms with Gasteiger partial charge in [0.15, 0.2) is 0 Å². The fraction of sp³-hybridized carbons (Fsp3) is 0.640. The monoisotopic (exact) mass is 394 g/mol. The summed E-state index contributed by atoms with van der Waals surface area (Å²) >= 11 is 0. The number of carbonyl (C=O) groups excluding carboxylic acids is 1. The molecule has 6 rings (SSSR count). The van der Waals surface area contributed by atoms with Gasteiger partial charge in [-0.2, -0.15) is 0 Å². The molecule has 2 bridgehead atoms. The lowest BCUT2D eigenvalue weighted by molar-refractivity contribution is -0.121. The van der Waals surface area contributed by atoms with Gasteiger partial charge in [0.25, 0.3) is 0 Å². The predicted molar refractivity (Wildman–Crippen MR) is 116 cm³/mol. The van der Waals surface area contributed by atoms with Gasteiger partial charge in [0.2, 0.25) is 5.91 Å². The SMILES string of the molecule is CC1(C)C2CCC(CN3CCC(NC(=O)Cc4cccc5occc45)CC3)C1C2. The Balaban J connectivity index is 1.10. The van der Waals surface area contributed by atoms with Gasteiger partial charge >= 0.3 is 0 Å². The van der Waals surface area contributed by atoms with Gasteiger partial charge in [-0.3, -0.25) is 4.79 Å². The van der Waals surface area contributed by atoms with E-state index in [-0.39, 0.29) is 5.91 Å².